The van der Waals surface area contributed by atoms with Crippen LogP contribution in [0.25, 0.3) is 0 Å². The average Bonchev–Trinajstić information content (AvgIpc) is 3.02. The largest absolute Gasteiger partial charge is 0.490 e. The number of ether oxygens (including phenoxy) is 3. The van der Waals surface area contributed by atoms with Gasteiger partial charge in [-0.25, -0.2) is 18.4 Å². The molecule has 0 bridgehead atoms. The number of carbonyl (C=O) groups is 2. The van der Waals surface area contributed by atoms with Crippen molar-refractivity contribution in [3.8, 4) is 11.5 Å². The molecule has 0 radical (unpaired) electrons. The third-order valence-corrected chi connectivity index (χ3v) is 8.41. The van der Waals surface area contributed by atoms with Crippen LogP contribution in [0.15, 0.2) is 36.4 Å². The zero-order valence-electron chi connectivity index (χ0n) is 25.8. The fourth-order valence-corrected chi connectivity index (χ4v) is 5.37. The van der Waals surface area contributed by atoms with E-state index in [-0.39, 0.29) is 36.0 Å². The van der Waals surface area contributed by atoms with Gasteiger partial charge in [0.25, 0.3) is 0 Å². The molecule has 0 aromatic heterocycles. The number of alkyl halides is 1. The number of halogens is 3. The highest BCUT2D eigenvalue weighted by molar-refractivity contribution is 5.91. The van der Waals surface area contributed by atoms with Crippen molar-refractivity contribution in [2.75, 3.05) is 6.61 Å². The molecule has 1 aliphatic carbocycles. The SMILES string of the molecule is CCCCCCCCCCOc1ccc(C(=O)Oc2ccc(C3CCC(OC(=O)[C@@H](F)[C@@H](C)CC)CC3)cc2)c(F)c1F. The molecule has 3 rings (SSSR count). The normalized spacial score (nSPS) is 18.1. The Morgan fingerprint density at radius 2 is 1.47 bits per heavy atom. The van der Waals surface area contributed by atoms with Crippen LogP contribution in [0.4, 0.5) is 13.2 Å². The Labute approximate surface area is 254 Å². The molecule has 238 valence electrons. The predicted octanol–water partition coefficient (Wildman–Crippen LogP) is 9.66. The molecule has 0 amide bonds. The van der Waals surface area contributed by atoms with Crippen molar-refractivity contribution in [1.82, 2.24) is 0 Å². The molecule has 0 spiro atoms. The first-order valence-corrected chi connectivity index (χ1v) is 16.0. The Hall–Kier alpha value is -3.03. The van der Waals surface area contributed by atoms with Gasteiger partial charge in [0.05, 0.1) is 12.2 Å². The minimum atomic E-state index is -1.60. The standard InChI is InChI=1S/C35H47F3O5/c1-4-6-7-8-9-10-11-12-23-41-30-22-21-29(32(37)33(30)38)34(39)42-27-17-13-25(14-18-27)26-15-19-28(20-16-26)43-35(40)31(36)24(3)5-2/h13-14,17-18,21-22,24,26,28,31H,4-12,15-16,19-20,23H2,1-3H3/t24-,26?,28?,31-/m0/s1. The maximum absolute atomic E-state index is 14.7. The Bertz CT molecular complexity index is 1140. The van der Waals surface area contributed by atoms with Crippen LogP contribution in [0.3, 0.4) is 0 Å². The molecule has 5 nitrogen and oxygen atoms in total. The maximum Gasteiger partial charge on any atom is 0.346 e. The summed E-state index contributed by atoms with van der Waals surface area (Å²) in [5, 5.41) is 0. The van der Waals surface area contributed by atoms with Gasteiger partial charge >= 0.3 is 11.9 Å². The number of unbranched alkanes of at least 4 members (excludes halogenated alkanes) is 7. The number of benzene rings is 2. The third kappa shape index (κ3) is 10.6. The molecule has 43 heavy (non-hydrogen) atoms. The van der Waals surface area contributed by atoms with E-state index in [1.54, 1.807) is 19.1 Å². The first-order chi connectivity index (χ1) is 20.7. The Morgan fingerprint density at radius 1 is 0.837 bits per heavy atom. The van der Waals surface area contributed by atoms with Crippen molar-refractivity contribution < 1.29 is 37.0 Å². The molecule has 2 aromatic rings. The zero-order valence-corrected chi connectivity index (χ0v) is 25.8. The third-order valence-electron chi connectivity index (χ3n) is 8.41. The van der Waals surface area contributed by atoms with Gasteiger partial charge in [-0.15, -0.1) is 0 Å². The van der Waals surface area contributed by atoms with Crippen LogP contribution in [0.2, 0.25) is 0 Å². The van der Waals surface area contributed by atoms with Crippen LogP contribution in [0.5, 0.6) is 11.5 Å². The lowest BCUT2D eigenvalue weighted by Gasteiger charge is -2.29. The van der Waals surface area contributed by atoms with Crippen molar-refractivity contribution in [3.63, 3.8) is 0 Å². The van der Waals surface area contributed by atoms with Gasteiger partial charge in [0.1, 0.15) is 11.9 Å². The highest BCUT2D eigenvalue weighted by atomic mass is 19.2. The van der Waals surface area contributed by atoms with Crippen molar-refractivity contribution in [2.24, 2.45) is 5.92 Å². The molecule has 1 saturated carbocycles. The van der Waals surface area contributed by atoms with Crippen LogP contribution in [0, 0.1) is 17.6 Å². The summed E-state index contributed by atoms with van der Waals surface area (Å²) < 4.78 is 59.6. The van der Waals surface area contributed by atoms with Gasteiger partial charge in [-0.3, -0.25) is 0 Å². The van der Waals surface area contributed by atoms with Crippen LogP contribution in [-0.4, -0.2) is 30.8 Å². The number of hydrogen-bond acceptors (Lipinski definition) is 5. The van der Waals surface area contributed by atoms with E-state index in [4.69, 9.17) is 14.2 Å². The minimum absolute atomic E-state index is 0.213. The fourth-order valence-electron chi connectivity index (χ4n) is 5.37. The number of esters is 2. The minimum Gasteiger partial charge on any atom is -0.490 e. The van der Waals surface area contributed by atoms with E-state index < -0.39 is 35.3 Å². The molecule has 8 heteroatoms. The van der Waals surface area contributed by atoms with Crippen LogP contribution in [0.1, 0.15) is 126 Å². The topological polar surface area (TPSA) is 61.8 Å². The molecule has 1 fully saturated rings. The Kier molecular flexibility index (Phi) is 14.4. The summed E-state index contributed by atoms with van der Waals surface area (Å²) in [5.41, 5.74) is 0.528. The molecule has 1 aliphatic rings. The van der Waals surface area contributed by atoms with Gasteiger partial charge in [0.15, 0.2) is 17.7 Å². The summed E-state index contributed by atoms with van der Waals surface area (Å²) in [6.45, 7) is 6.01. The molecule has 2 atom stereocenters. The van der Waals surface area contributed by atoms with Gasteiger partial charge in [-0.2, -0.15) is 4.39 Å². The van der Waals surface area contributed by atoms with Gasteiger partial charge in [0.2, 0.25) is 5.82 Å². The molecule has 0 unspecified atom stereocenters. The first-order valence-electron chi connectivity index (χ1n) is 16.0. The Balaban J connectivity index is 1.44. The van der Waals surface area contributed by atoms with Crippen LogP contribution >= 0.6 is 0 Å². The summed E-state index contributed by atoms with van der Waals surface area (Å²) in [6.07, 6.45) is 10.4. The molecule has 0 N–H and O–H groups in total. The smallest absolute Gasteiger partial charge is 0.346 e. The maximum atomic E-state index is 14.7. The fraction of sp³-hybridized carbons (Fsp3) is 0.600. The quantitative estimate of drug-likeness (QED) is 0.102. The second-order valence-corrected chi connectivity index (χ2v) is 11.7. The number of carbonyl (C=O) groups excluding carboxylic acids is 2. The average molecular weight is 605 g/mol. The summed E-state index contributed by atoms with van der Waals surface area (Å²) in [5.74, 6) is -4.42. The van der Waals surface area contributed by atoms with Gasteiger partial charge in [0, 0.05) is 0 Å². The zero-order chi connectivity index (χ0) is 31.2. The van der Waals surface area contributed by atoms with Gasteiger partial charge in [-0.1, -0.05) is 84.3 Å². The Morgan fingerprint density at radius 3 is 2.09 bits per heavy atom. The lowest BCUT2D eigenvalue weighted by Crippen LogP contribution is -2.31. The van der Waals surface area contributed by atoms with E-state index in [0.29, 0.717) is 19.3 Å². The first kappa shape index (κ1) is 34.5. The summed E-state index contributed by atoms with van der Waals surface area (Å²) in [6, 6.07) is 9.34. The highest BCUT2D eigenvalue weighted by Crippen LogP contribution is 2.35. The molecule has 2 aromatic carbocycles. The summed E-state index contributed by atoms with van der Waals surface area (Å²) in [4.78, 5) is 24.7. The molecular formula is C35H47F3O5. The van der Waals surface area contributed by atoms with Crippen molar-refractivity contribution >= 4 is 11.9 Å². The van der Waals surface area contributed by atoms with Crippen molar-refractivity contribution in [2.45, 2.75) is 122 Å². The predicted molar refractivity (Wildman–Crippen MR) is 161 cm³/mol. The van der Waals surface area contributed by atoms with E-state index in [2.05, 4.69) is 6.92 Å². The van der Waals surface area contributed by atoms with E-state index in [1.807, 2.05) is 19.1 Å². The molecular weight excluding hydrogens is 557 g/mol. The van der Waals surface area contributed by atoms with E-state index in [0.717, 1.165) is 37.7 Å². The lowest BCUT2D eigenvalue weighted by molar-refractivity contribution is -0.158. The van der Waals surface area contributed by atoms with E-state index in [9.17, 15) is 22.8 Å². The van der Waals surface area contributed by atoms with Crippen molar-refractivity contribution in [1.29, 1.82) is 0 Å². The van der Waals surface area contributed by atoms with E-state index in [1.165, 1.54) is 44.2 Å². The monoisotopic (exact) mass is 604 g/mol. The van der Waals surface area contributed by atoms with Crippen molar-refractivity contribution in [3.05, 3.63) is 59.2 Å². The molecule has 0 saturated heterocycles. The van der Waals surface area contributed by atoms with Crippen LogP contribution in [-0.2, 0) is 9.53 Å². The van der Waals surface area contributed by atoms with Gasteiger partial charge < -0.3 is 14.2 Å². The summed E-state index contributed by atoms with van der Waals surface area (Å²) >= 11 is 0. The highest BCUT2D eigenvalue weighted by Gasteiger charge is 2.30. The summed E-state index contributed by atoms with van der Waals surface area (Å²) in [7, 11) is 0. The number of hydrogen-bond donors (Lipinski definition) is 0. The molecule has 0 aliphatic heterocycles. The second-order valence-electron chi connectivity index (χ2n) is 11.7. The molecule has 0 heterocycles. The van der Waals surface area contributed by atoms with Crippen LogP contribution < -0.4 is 9.47 Å². The second kappa shape index (κ2) is 17.9. The van der Waals surface area contributed by atoms with Gasteiger partial charge in [-0.05, 0) is 73.8 Å². The number of rotatable bonds is 17. The van der Waals surface area contributed by atoms with E-state index >= 15 is 0 Å². The lowest BCUT2D eigenvalue weighted by atomic mass is 9.82.